The van der Waals surface area contributed by atoms with E-state index in [4.69, 9.17) is 16.3 Å². The normalized spacial score (nSPS) is 17.6. The summed E-state index contributed by atoms with van der Waals surface area (Å²) < 4.78 is 18.2. The summed E-state index contributed by atoms with van der Waals surface area (Å²) in [5.74, 6) is -0.364. The van der Waals surface area contributed by atoms with Gasteiger partial charge in [-0.25, -0.2) is 4.39 Å². The van der Waals surface area contributed by atoms with E-state index in [-0.39, 0.29) is 10.8 Å². The van der Waals surface area contributed by atoms with Crippen LogP contribution in [0.5, 0.6) is 0 Å². The Balaban J connectivity index is 1.86. The van der Waals surface area contributed by atoms with Crippen LogP contribution in [0.4, 0.5) is 4.39 Å². The largest absolute Gasteiger partial charge is 0.381 e. The fourth-order valence-corrected chi connectivity index (χ4v) is 2.02. The molecule has 1 N–H and O–H groups in total. The molecule has 16 heavy (non-hydrogen) atoms. The van der Waals surface area contributed by atoms with Gasteiger partial charge in [0.05, 0.1) is 5.02 Å². The zero-order valence-electron chi connectivity index (χ0n) is 9.01. The third-order valence-corrected chi connectivity index (χ3v) is 3.09. The van der Waals surface area contributed by atoms with Crippen molar-refractivity contribution < 1.29 is 9.13 Å². The van der Waals surface area contributed by atoms with Crippen LogP contribution in [0, 0.1) is 5.82 Å². The number of halogens is 2. The lowest BCUT2D eigenvalue weighted by atomic mass is 10.1. The van der Waals surface area contributed by atoms with Gasteiger partial charge in [-0.05, 0) is 30.5 Å². The zero-order chi connectivity index (χ0) is 11.4. The number of benzene rings is 1. The standard InChI is InChI=1S/C12H15ClFNO/c13-11-7-9(1-2-12(11)14)8-15-10-3-5-16-6-4-10/h1-2,7,10,15H,3-6,8H2. The van der Waals surface area contributed by atoms with Crippen molar-refractivity contribution in [1.29, 1.82) is 0 Å². The average molecular weight is 244 g/mol. The monoisotopic (exact) mass is 243 g/mol. The summed E-state index contributed by atoms with van der Waals surface area (Å²) in [5.41, 5.74) is 1.01. The van der Waals surface area contributed by atoms with Crippen LogP contribution in [-0.4, -0.2) is 19.3 Å². The van der Waals surface area contributed by atoms with Gasteiger partial charge in [0.1, 0.15) is 5.82 Å². The lowest BCUT2D eigenvalue weighted by Crippen LogP contribution is -2.34. The number of nitrogens with one attached hydrogen (secondary N) is 1. The molecule has 0 spiro atoms. The predicted octanol–water partition coefficient (Wildman–Crippen LogP) is 2.75. The van der Waals surface area contributed by atoms with Crippen molar-refractivity contribution in [2.24, 2.45) is 0 Å². The van der Waals surface area contributed by atoms with Crippen molar-refractivity contribution >= 4 is 11.6 Å². The smallest absolute Gasteiger partial charge is 0.141 e. The van der Waals surface area contributed by atoms with Crippen molar-refractivity contribution in [3.63, 3.8) is 0 Å². The van der Waals surface area contributed by atoms with E-state index in [1.54, 1.807) is 12.1 Å². The van der Waals surface area contributed by atoms with Gasteiger partial charge in [-0.2, -0.15) is 0 Å². The van der Waals surface area contributed by atoms with Gasteiger partial charge < -0.3 is 10.1 Å². The average Bonchev–Trinajstić information content (AvgIpc) is 2.32. The molecule has 0 amide bonds. The van der Waals surface area contributed by atoms with Crippen LogP contribution in [-0.2, 0) is 11.3 Å². The minimum atomic E-state index is -0.364. The maximum Gasteiger partial charge on any atom is 0.141 e. The Morgan fingerprint density at radius 3 is 2.81 bits per heavy atom. The third-order valence-electron chi connectivity index (χ3n) is 2.80. The van der Waals surface area contributed by atoms with Crippen molar-refractivity contribution in [3.8, 4) is 0 Å². The first kappa shape index (κ1) is 11.8. The number of hydrogen-bond acceptors (Lipinski definition) is 2. The fraction of sp³-hybridized carbons (Fsp3) is 0.500. The molecular weight excluding hydrogens is 229 g/mol. The molecule has 0 unspecified atom stereocenters. The van der Waals surface area contributed by atoms with E-state index in [0.717, 1.165) is 38.2 Å². The second-order valence-corrected chi connectivity index (χ2v) is 4.42. The third kappa shape index (κ3) is 3.17. The maximum absolute atomic E-state index is 12.9. The highest BCUT2D eigenvalue weighted by atomic mass is 35.5. The Bertz CT molecular complexity index is 353. The summed E-state index contributed by atoms with van der Waals surface area (Å²) in [6.07, 6.45) is 2.07. The Labute approximate surface area is 99.7 Å². The Hall–Kier alpha value is -0.640. The van der Waals surface area contributed by atoms with Gasteiger partial charge in [0.15, 0.2) is 0 Å². The van der Waals surface area contributed by atoms with Crippen molar-refractivity contribution in [3.05, 3.63) is 34.6 Å². The van der Waals surface area contributed by atoms with Crippen molar-refractivity contribution in [1.82, 2.24) is 5.32 Å². The molecule has 0 radical (unpaired) electrons. The van der Waals surface area contributed by atoms with E-state index < -0.39 is 0 Å². The Kier molecular flexibility index (Phi) is 4.16. The molecule has 2 nitrogen and oxygen atoms in total. The van der Waals surface area contributed by atoms with Crippen LogP contribution < -0.4 is 5.32 Å². The second-order valence-electron chi connectivity index (χ2n) is 4.02. The lowest BCUT2D eigenvalue weighted by Gasteiger charge is -2.23. The molecule has 0 aliphatic carbocycles. The van der Waals surface area contributed by atoms with Gasteiger partial charge >= 0.3 is 0 Å². The maximum atomic E-state index is 12.9. The Morgan fingerprint density at radius 2 is 2.12 bits per heavy atom. The van der Waals surface area contributed by atoms with Crippen molar-refractivity contribution in [2.45, 2.75) is 25.4 Å². The van der Waals surface area contributed by atoms with Gasteiger partial charge in [-0.3, -0.25) is 0 Å². The molecule has 1 fully saturated rings. The molecule has 1 aromatic rings. The molecule has 0 saturated carbocycles. The molecule has 0 aromatic heterocycles. The summed E-state index contributed by atoms with van der Waals surface area (Å²) >= 11 is 5.71. The molecule has 2 rings (SSSR count). The second kappa shape index (κ2) is 5.62. The summed E-state index contributed by atoms with van der Waals surface area (Å²) in [5, 5.41) is 3.61. The summed E-state index contributed by atoms with van der Waals surface area (Å²) in [6.45, 7) is 2.37. The molecule has 4 heteroatoms. The minimum absolute atomic E-state index is 0.186. The summed E-state index contributed by atoms with van der Waals surface area (Å²) in [6, 6.07) is 5.33. The SMILES string of the molecule is Fc1ccc(CNC2CCOCC2)cc1Cl. The molecular formula is C12H15ClFNO. The Morgan fingerprint density at radius 1 is 1.38 bits per heavy atom. The van der Waals surface area contributed by atoms with Crippen LogP contribution in [0.2, 0.25) is 5.02 Å². The van der Waals surface area contributed by atoms with Gasteiger partial charge in [0, 0.05) is 25.8 Å². The van der Waals surface area contributed by atoms with Crippen LogP contribution in [0.25, 0.3) is 0 Å². The summed E-state index contributed by atoms with van der Waals surface area (Å²) in [7, 11) is 0. The molecule has 0 atom stereocenters. The first-order valence-corrected chi connectivity index (χ1v) is 5.88. The fourth-order valence-electron chi connectivity index (χ4n) is 1.81. The molecule has 1 saturated heterocycles. The van der Waals surface area contributed by atoms with Crippen molar-refractivity contribution in [2.75, 3.05) is 13.2 Å². The predicted molar refractivity (Wildman–Crippen MR) is 62.1 cm³/mol. The molecule has 1 aliphatic rings. The zero-order valence-corrected chi connectivity index (χ0v) is 9.77. The molecule has 1 heterocycles. The highest BCUT2D eigenvalue weighted by Gasteiger charge is 2.12. The van der Waals surface area contributed by atoms with Crippen LogP contribution in [0.3, 0.4) is 0 Å². The van der Waals surface area contributed by atoms with Crippen LogP contribution in [0.15, 0.2) is 18.2 Å². The molecule has 1 aromatic carbocycles. The summed E-state index contributed by atoms with van der Waals surface area (Å²) in [4.78, 5) is 0. The van der Waals surface area contributed by atoms with E-state index in [2.05, 4.69) is 5.32 Å². The van der Waals surface area contributed by atoms with E-state index in [1.165, 1.54) is 6.07 Å². The number of hydrogen-bond donors (Lipinski definition) is 1. The molecule has 0 bridgehead atoms. The van der Waals surface area contributed by atoms with E-state index >= 15 is 0 Å². The van der Waals surface area contributed by atoms with Crippen LogP contribution >= 0.6 is 11.6 Å². The topological polar surface area (TPSA) is 21.3 Å². The number of rotatable bonds is 3. The highest BCUT2D eigenvalue weighted by Crippen LogP contribution is 2.16. The van der Waals surface area contributed by atoms with Gasteiger partial charge in [0.25, 0.3) is 0 Å². The minimum Gasteiger partial charge on any atom is -0.381 e. The lowest BCUT2D eigenvalue weighted by molar-refractivity contribution is 0.0776. The van der Waals surface area contributed by atoms with Crippen LogP contribution in [0.1, 0.15) is 18.4 Å². The number of ether oxygens (including phenoxy) is 1. The van der Waals surface area contributed by atoms with E-state index in [0.29, 0.717) is 6.04 Å². The quantitative estimate of drug-likeness (QED) is 0.882. The van der Waals surface area contributed by atoms with Gasteiger partial charge in [-0.1, -0.05) is 17.7 Å². The molecule has 88 valence electrons. The molecule has 1 aliphatic heterocycles. The van der Waals surface area contributed by atoms with E-state index in [9.17, 15) is 4.39 Å². The van der Waals surface area contributed by atoms with E-state index in [1.807, 2.05) is 0 Å². The highest BCUT2D eigenvalue weighted by molar-refractivity contribution is 6.30. The first-order chi connectivity index (χ1) is 7.75. The van der Waals surface area contributed by atoms with Gasteiger partial charge in [-0.15, -0.1) is 0 Å². The van der Waals surface area contributed by atoms with Gasteiger partial charge in [0.2, 0.25) is 0 Å². The first-order valence-electron chi connectivity index (χ1n) is 5.51.